The first-order chi connectivity index (χ1) is 6.45. The third kappa shape index (κ3) is 5.94. The number of nitrogens with one attached hydrogen (secondary N) is 1. The van der Waals surface area contributed by atoms with E-state index in [0.717, 1.165) is 0 Å². The number of amides is 1. The molecule has 0 bridgehead atoms. The smallest absolute Gasteiger partial charge is 0.236 e. The van der Waals surface area contributed by atoms with Gasteiger partial charge in [0.15, 0.2) is 0 Å². The number of nitrogens with zero attached hydrogens (tertiary/aromatic N) is 1. The molecule has 1 atom stereocenters. The topological polar surface area (TPSA) is 52.6 Å². The molecule has 0 saturated carbocycles. The number of aliphatic hydroxyl groups excluding tert-OH is 1. The molecule has 4 nitrogen and oxygen atoms in total. The molecular formula is C10H22N2O2. The molecule has 14 heavy (non-hydrogen) atoms. The van der Waals surface area contributed by atoms with Gasteiger partial charge in [-0.05, 0) is 33.7 Å². The van der Waals surface area contributed by atoms with Crippen LogP contribution < -0.4 is 5.32 Å². The Morgan fingerprint density at radius 1 is 1.43 bits per heavy atom. The van der Waals surface area contributed by atoms with E-state index < -0.39 is 0 Å². The third-order valence-corrected chi connectivity index (χ3v) is 2.18. The predicted octanol–water partition coefficient (Wildman–Crippen LogP) is 0.214. The second kappa shape index (κ2) is 6.79. The Balaban J connectivity index is 3.54. The lowest BCUT2D eigenvalue weighted by Crippen LogP contribution is -2.39. The van der Waals surface area contributed by atoms with Gasteiger partial charge in [-0.3, -0.25) is 4.79 Å². The van der Waals surface area contributed by atoms with Gasteiger partial charge in [-0.15, -0.1) is 0 Å². The highest BCUT2D eigenvalue weighted by Gasteiger charge is 2.10. The van der Waals surface area contributed by atoms with Crippen LogP contribution in [-0.2, 0) is 4.79 Å². The summed E-state index contributed by atoms with van der Waals surface area (Å²) in [7, 11) is 1.79. The van der Waals surface area contributed by atoms with E-state index in [0.29, 0.717) is 19.5 Å². The molecule has 0 aliphatic heterocycles. The van der Waals surface area contributed by atoms with Crippen molar-refractivity contribution in [3.05, 3.63) is 0 Å². The molecule has 0 radical (unpaired) electrons. The number of carbonyl (C=O) groups excluding carboxylic acids is 1. The van der Waals surface area contributed by atoms with Gasteiger partial charge in [-0.25, -0.2) is 0 Å². The fourth-order valence-electron chi connectivity index (χ4n) is 0.919. The normalized spacial score (nSPS) is 13.0. The van der Waals surface area contributed by atoms with Crippen molar-refractivity contribution >= 4 is 5.91 Å². The molecule has 0 spiro atoms. The Kier molecular flexibility index (Phi) is 6.49. The SMILES string of the molecule is CC(O)CCNCC(=O)N(C)C(C)C. The Hall–Kier alpha value is -0.610. The lowest BCUT2D eigenvalue weighted by atomic mass is 10.3. The molecule has 0 aliphatic rings. The number of likely N-dealkylation sites (N-methyl/N-ethyl adjacent to an activating group) is 1. The largest absolute Gasteiger partial charge is 0.393 e. The Labute approximate surface area is 86.3 Å². The molecule has 0 aromatic rings. The highest BCUT2D eigenvalue weighted by atomic mass is 16.3. The van der Waals surface area contributed by atoms with Crippen LogP contribution in [0.1, 0.15) is 27.2 Å². The summed E-state index contributed by atoms with van der Waals surface area (Å²) in [4.78, 5) is 13.1. The molecule has 0 saturated heterocycles. The van der Waals surface area contributed by atoms with Gasteiger partial charge in [-0.2, -0.15) is 0 Å². The van der Waals surface area contributed by atoms with Crippen molar-refractivity contribution in [2.45, 2.75) is 39.3 Å². The van der Waals surface area contributed by atoms with Gasteiger partial charge in [0.2, 0.25) is 5.91 Å². The average Bonchev–Trinajstić information content (AvgIpc) is 2.10. The van der Waals surface area contributed by atoms with Crippen molar-refractivity contribution in [3.8, 4) is 0 Å². The summed E-state index contributed by atoms with van der Waals surface area (Å²) >= 11 is 0. The number of rotatable bonds is 6. The van der Waals surface area contributed by atoms with E-state index in [4.69, 9.17) is 5.11 Å². The lowest BCUT2D eigenvalue weighted by Gasteiger charge is -2.21. The molecule has 0 aromatic carbocycles. The zero-order valence-electron chi connectivity index (χ0n) is 9.58. The van der Waals surface area contributed by atoms with E-state index in [1.54, 1.807) is 18.9 Å². The molecule has 0 aromatic heterocycles. The Morgan fingerprint density at radius 2 is 2.00 bits per heavy atom. The van der Waals surface area contributed by atoms with Crippen molar-refractivity contribution in [1.82, 2.24) is 10.2 Å². The van der Waals surface area contributed by atoms with Crippen molar-refractivity contribution in [2.24, 2.45) is 0 Å². The average molecular weight is 202 g/mol. The van der Waals surface area contributed by atoms with Crippen LogP contribution in [0.2, 0.25) is 0 Å². The van der Waals surface area contributed by atoms with E-state index in [1.165, 1.54) is 0 Å². The summed E-state index contributed by atoms with van der Waals surface area (Å²) in [6, 6.07) is 0.237. The van der Waals surface area contributed by atoms with Crippen LogP contribution in [0.4, 0.5) is 0 Å². The number of hydrogen-bond acceptors (Lipinski definition) is 3. The van der Waals surface area contributed by atoms with E-state index in [2.05, 4.69) is 5.32 Å². The van der Waals surface area contributed by atoms with E-state index in [-0.39, 0.29) is 18.1 Å². The van der Waals surface area contributed by atoms with Gasteiger partial charge < -0.3 is 15.3 Å². The minimum absolute atomic E-state index is 0.0885. The molecule has 84 valence electrons. The maximum absolute atomic E-state index is 11.4. The zero-order chi connectivity index (χ0) is 11.1. The van der Waals surface area contributed by atoms with Crippen molar-refractivity contribution in [3.63, 3.8) is 0 Å². The lowest BCUT2D eigenvalue weighted by molar-refractivity contribution is -0.130. The Bertz CT molecular complexity index is 170. The maximum atomic E-state index is 11.4. The van der Waals surface area contributed by atoms with Gasteiger partial charge >= 0.3 is 0 Å². The fraction of sp³-hybridized carbons (Fsp3) is 0.900. The predicted molar refractivity (Wildman–Crippen MR) is 57.1 cm³/mol. The highest BCUT2D eigenvalue weighted by Crippen LogP contribution is 1.93. The van der Waals surface area contributed by atoms with Crippen LogP contribution in [0.3, 0.4) is 0 Å². The molecule has 0 rings (SSSR count). The molecule has 0 fully saturated rings. The minimum Gasteiger partial charge on any atom is -0.393 e. The summed E-state index contributed by atoms with van der Waals surface area (Å²) < 4.78 is 0. The standard InChI is InChI=1S/C10H22N2O2/c1-8(2)12(4)10(14)7-11-6-5-9(3)13/h8-9,11,13H,5-7H2,1-4H3. The van der Waals surface area contributed by atoms with Crippen molar-refractivity contribution < 1.29 is 9.90 Å². The van der Waals surface area contributed by atoms with E-state index in [9.17, 15) is 4.79 Å². The van der Waals surface area contributed by atoms with E-state index in [1.807, 2.05) is 13.8 Å². The second-order valence-corrected chi connectivity index (χ2v) is 3.91. The second-order valence-electron chi connectivity index (χ2n) is 3.91. The number of aliphatic hydroxyl groups is 1. The van der Waals surface area contributed by atoms with Crippen LogP contribution >= 0.6 is 0 Å². The van der Waals surface area contributed by atoms with Gasteiger partial charge in [0.25, 0.3) is 0 Å². The quantitative estimate of drug-likeness (QED) is 0.606. The van der Waals surface area contributed by atoms with Crippen LogP contribution in [0, 0.1) is 0 Å². The number of hydrogen-bond donors (Lipinski definition) is 2. The van der Waals surface area contributed by atoms with Crippen LogP contribution in [0.15, 0.2) is 0 Å². The molecule has 2 N–H and O–H groups in total. The van der Waals surface area contributed by atoms with Crippen LogP contribution in [-0.4, -0.2) is 48.2 Å². The van der Waals surface area contributed by atoms with Crippen LogP contribution in [0.5, 0.6) is 0 Å². The highest BCUT2D eigenvalue weighted by molar-refractivity contribution is 5.78. The van der Waals surface area contributed by atoms with E-state index >= 15 is 0 Å². The third-order valence-electron chi connectivity index (χ3n) is 2.18. The Morgan fingerprint density at radius 3 is 2.43 bits per heavy atom. The van der Waals surface area contributed by atoms with Gasteiger partial charge in [0.1, 0.15) is 0 Å². The summed E-state index contributed by atoms with van der Waals surface area (Å²) in [6.07, 6.45) is 0.374. The van der Waals surface area contributed by atoms with Gasteiger partial charge in [0, 0.05) is 13.1 Å². The van der Waals surface area contributed by atoms with Gasteiger partial charge in [0.05, 0.1) is 12.6 Å². The summed E-state index contributed by atoms with van der Waals surface area (Å²) in [5.41, 5.74) is 0. The molecule has 1 amide bonds. The summed E-state index contributed by atoms with van der Waals surface area (Å²) in [6.45, 7) is 6.72. The summed E-state index contributed by atoms with van der Waals surface area (Å²) in [5, 5.41) is 12.0. The molecule has 1 unspecified atom stereocenters. The first-order valence-corrected chi connectivity index (χ1v) is 5.09. The maximum Gasteiger partial charge on any atom is 0.236 e. The molecule has 4 heteroatoms. The fourth-order valence-corrected chi connectivity index (χ4v) is 0.919. The van der Waals surface area contributed by atoms with Crippen LogP contribution in [0.25, 0.3) is 0 Å². The molecule has 0 aliphatic carbocycles. The summed E-state index contributed by atoms with van der Waals surface area (Å²) in [5.74, 6) is 0.0885. The van der Waals surface area contributed by atoms with Crippen molar-refractivity contribution in [2.75, 3.05) is 20.1 Å². The molecular weight excluding hydrogens is 180 g/mol. The minimum atomic E-state index is -0.305. The number of carbonyl (C=O) groups is 1. The monoisotopic (exact) mass is 202 g/mol. The van der Waals surface area contributed by atoms with Crippen molar-refractivity contribution in [1.29, 1.82) is 0 Å². The van der Waals surface area contributed by atoms with Gasteiger partial charge in [-0.1, -0.05) is 0 Å². The zero-order valence-corrected chi connectivity index (χ0v) is 9.58. The first-order valence-electron chi connectivity index (χ1n) is 5.09. The molecule has 0 heterocycles. The first kappa shape index (κ1) is 13.4.